The summed E-state index contributed by atoms with van der Waals surface area (Å²) in [6, 6.07) is 16.7. The summed E-state index contributed by atoms with van der Waals surface area (Å²) < 4.78 is 0. The maximum Gasteiger partial charge on any atom is 0.324 e. The Bertz CT molecular complexity index is 892. The van der Waals surface area contributed by atoms with Crippen molar-refractivity contribution in [3.63, 3.8) is 0 Å². The van der Waals surface area contributed by atoms with E-state index in [1.165, 1.54) is 28.0 Å². The summed E-state index contributed by atoms with van der Waals surface area (Å²) in [5.41, 5.74) is 6.52. The fourth-order valence-electron chi connectivity index (χ4n) is 3.46. The van der Waals surface area contributed by atoms with Gasteiger partial charge < -0.3 is 4.90 Å². The van der Waals surface area contributed by atoms with Crippen molar-refractivity contribution in [2.75, 3.05) is 5.32 Å². The summed E-state index contributed by atoms with van der Waals surface area (Å²) in [5, 5.41) is 11.2. The zero-order chi connectivity index (χ0) is 17.9. The first-order chi connectivity index (χ1) is 12.7. The minimum atomic E-state index is -0.135. The number of fused-ring (bicyclic) bond motifs is 1. The third kappa shape index (κ3) is 3.46. The zero-order valence-electron chi connectivity index (χ0n) is 14.6. The van der Waals surface area contributed by atoms with E-state index in [1.807, 2.05) is 11.0 Å². The van der Waals surface area contributed by atoms with Gasteiger partial charge in [0.15, 0.2) is 0 Å². The smallest absolute Gasteiger partial charge is 0.313 e. The van der Waals surface area contributed by atoms with Gasteiger partial charge >= 0.3 is 6.03 Å². The Morgan fingerprint density at radius 1 is 1.23 bits per heavy atom. The first-order valence-electron chi connectivity index (χ1n) is 8.68. The Balaban J connectivity index is 1.62. The summed E-state index contributed by atoms with van der Waals surface area (Å²) in [4.78, 5) is 14.9. The van der Waals surface area contributed by atoms with Gasteiger partial charge in [0.2, 0.25) is 5.13 Å². The van der Waals surface area contributed by atoms with Gasteiger partial charge in [-0.25, -0.2) is 4.79 Å². The molecule has 6 heteroatoms. The van der Waals surface area contributed by atoms with Gasteiger partial charge in [0, 0.05) is 6.54 Å². The summed E-state index contributed by atoms with van der Waals surface area (Å²) in [6.45, 7) is 2.63. The number of rotatable bonds is 4. The fourth-order valence-corrected chi connectivity index (χ4v) is 3.90. The molecular formula is C20H20N4OS. The van der Waals surface area contributed by atoms with Crippen molar-refractivity contribution in [1.29, 1.82) is 0 Å². The highest BCUT2D eigenvalue weighted by atomic mass is 32.1. The van der Waals surface area contributed by atoms with Crippen LogP contribution in [0.2, 0.25) is 0 Å². The number of aromatic nitrogens is 2. The summed E-state index contributed by atoms with van der Waals surface area (Å²) in [5.74, 6) is 0. The van der Waals surface area contributed by atoms with Crippen molar-refractivity contribution >= 4 is 22.5 Å². The largest absolute Gasteiger partial charge is 0.324 e. The average Bonchev–Trinajstić information content (AvgIpc) is 3.31. The van der Waals surface area contributed by atoms with Crippen LogP contribution in [0.5, 0.6) is 0 Å². The van der Waals surface area contributed by atoms with E-state index in [-0.39, 0.29) is 12.1 Å². The van der Waals surface area contributed by atoms with E-state index < -0.39 is 0 Å². The second-order valence-electron chi connectivity index (χ2n) is 6.54. The quantitative estimate of drug-likeness (QED) is 0.738. The van der Waals surface area contributed by atoms with E-state index in [2.05, 4.69) is 64.9 Å². The third-order valence-corrected chi connectivity index (χ3v) is 5.39. The highest BCUT2D eigenvalue weighted by Gasteiger charge is 2.31. The van der Waals surface area contributed by atoms with Crippen molar-refractivity contribution in [3.05, 3.63) is 76.3 Å². The van der Waals surface area contributed by atoms with Gasteiger partial charge in [-0.3, -0.25) is 5.32 Å². The van der Waals surface area contributed by atoms with Gasteiger partial charge in [-0.2, -0.15) is 0 Å². The molecule has 0 aliphatic heterocycles. The number of hydrogen-bond donors (Lipinski definition) is 1. The minimum Gasteiger partial charge on any atom is -0.313 e. The number of hydrogen-bond acceptors (Lipinski definition) is 4. The molecule has 1 atom stereocenters. The minimum absolute atomic E-state index is 0.0698. The maximum absolute atomic E-state index is 13.0. The van der Waals surface area contributed by atoms with Crippen LogP contribution in [-0.2, 0) is 13.0 Å². The standard InChI is InChI=1S/C20H20N4OS/c1-14-6-8-15(9-7-14)12-24(20(25)22-19-23-21-13-26-19)18-11-10-16-4-2-3-5-17(16)18/h2-9,13,18H,10-12H2,1H3,(H,22,23,25). The highest BCUT2D eigenvalue weighted by Crippen LogP contribution is 2.36. The fraction of sp³-hybridized carbons (Fsp3) is 0.250. The lowest BCUT2D eigenvalue weighted by molar-refractivity contribution is 0.183. The molecule has 4 rings (SSSR count). The van der Waals surface area contributed by atoms with Crippen LogP contribution in [-0.4, -0.2) is 21.1 Å². The second kappa shape index (κ2) is 7.25. The van der Waals surface area contributed by atoms with Gasteiger partial charge in [-0.1, -0.05) is 65.4 Å². The van der Waals surface area contributed by atoms with E-state index in [0.717, 1.165) is 18.4 Å². The molecule has 1 unspecified atom stereocenters. The van der Waals surface area contributed by atoms with Crippen LogP contribution in [0.25, 0.3) is 0 Å². The summed E-state index contributed by atoms with van der Waals surface area (Å²) in [6.07, 6.45) is 1.94. The van der Waals surface area contributed by atoms with E-state index in [4.69, 9.17) is 0 Å². The second-order valence-corrected chi connectivity index (χ2v) is 7.37. The molecule has 26 heavy (non-hydrogen) atoms. The van der Waals surface area contributed by atoms with Crippen molar-refractivity contribution in [2.24, 2.45) is 0 Å². The third-order valence-electron chi connectivity index (χ3n) is 4.79. The number of amides is 2. The molecule has 3 aromatic rings. The highest BCUT2D eigenvalue weighted by molar-refractivity contribution is 7.13. The van der Waals surface area contributed by atoms with E-state index in [1.54, 1.807) is 5.51 Å². The molecule has 1 aliphatic carbocycles. The topological polar surface area (TPSA) is 58.1 Å². The molecule has 5 nitrogen and oxygen atoms in total. The first kappa shape index (κ1) is 16.7. The van der Waals surface area contributed by atoms with E-state index >= 15 is 0 Å². The molecule has 1 aromatic heterocycles. The Morgan fingerprint density at radius 2 is 2.04 bits per heavy atom. The van der Waals surface area contributed by atoms with E-state index in [9.17, 15) is 4.79 Å². The van der Waals surface area contributed by atoms with Gasteiger partial charge in [-0.05, 0) is 36.5 Å². The van der Waals surface area contributed by atoms with Crippen molar-refractivity contribution < 1.29 is 4.79 Å². The molecule has 2 amide bonds. The zero-order valence-corrected chi connectivity index (χ0v) is 15.4. The van der Waals surface area contributed by atoms with Crippen LogP contribution < -0.4 is 5.32 Å². The molecule has 1 heterocycles. The van der Waals surface area contributed by atoms with Gasteiger partial charge in [0.1, 0.15) is 5.51 Å². The van der Waals surface area contributed by atoms with Crippen LogP contribution >= 0.6 is 11.3 Å². The SMILES string of the molecule is Cc1ccc(CN(C(=O)Nc2nncs2)C2CCc3ccccc32)cc1. The lowest BCUT2D eigenvalue weighted by atomic mass is 10.1. The van der Waals surface area contributed by atoms with Crippen LogP contribution in [0.3, 0.4) is 0 Å². The Kier molecular flexibility index (Phi) is 4.67. The number of nitrogens with one attached hydrogen (secondary N) is 1. The van der Waals surface area contributed by atoms with Gasteiger partial charge in [-0.15, -0.1) is 10.2 Å². The lowest BCUT2D eigenvalue weighted by Gasteiger charge is -2.29. The number of nitrogens with zero attached hydrogens (tertiary/aromatic N) is 3. The number of aryl methyl sites for hydroxylation is 2. The van der Waals surface area contributed by atoms with Gasteiger partial charge in [0.05, 0.1) is 6.04 Å². The number of benzene rings is 2. The predicted octanol–water partition coefficient (Wildman–Crippen LogP) is 4.57. The van der Waals surface area contributed by atoms with Crippen LogP contribution in [0.4, 0.5) is 9.93 Å². The molecule has 132 valence electrons. The first-order valence-corrected chi connectivity index (χ1v) is 9.56. The number of carbonyl (C=O) groups excluding carboxylic acids is 1. The predicted molar refractivity (Wildman–Crippen MR) is 103 cm³/mol. The molecule has 2 aromatic carbocycles. The Labute approximate surface area is 156 Å². The number of carbonyl (C=O) groups is 1. The normalized spacial score (nSPS) is 15.5. The maximum atomic E-state index is 13.0. The van der Waals surface area contributed by atoms with E-state index in [0.29, 0.717) is 11.7 Å². The van der Waals surface area contributed by atoms with Crippen LogP contribution in [0.1, 0.15) is 34.7 Å². The Morgan fingerprint density at radius 3 is 2.81 bits per heavy atom. The van der Waals surface area contributed by atoms with Crippen molar-refractivity contribution in [2.45, 2.75) is 32.4 Å². The van der Waals surface area contributed by atoms with Crippen LogP contribution in [0.15, 0.2) is 54.0 Å². The molecule has 0 saturated carbocycles. The van der Waals surface area contributed by atoms with Crippen LogP contribution in [0, 0.1) is 6.92 Å². The van der Waals surface area contributed by atoms with Crippen molar-refractivity contribution in [3.8, 4) is 0 Å². The number of anilines is 1. The molecule has 0 radical (unpaired) electrons. The van der Waals surface area contributed by atoms with Crippen molar-refractivity contribution in [1.82, 2.24) is 15.1 Å². The molecule has 1 N–H and O–H groups in total. The monoisotopic (exact) mass is 364 g/mol. The Hall–Kier alpha value is -2.73. The molecule has 1 aliphatic rings. The molecule has 0 saturated heterocycles. The molecule has 0 bridgehead atoms. The average molecular weight is 364 g/mol. The molecule has 0 spiro atoms. The lowest BCUT2D eigenvalue weighted by Crippen LogP contribution is -2.37. The molecular weight excluding hydrogens is 344 g/mol. The summed E-state index contributed by atoms with van der Waals surface area (Å²) in [7, 11) is 0. The summed E-state index contributed by atoms with van der Waals surface area (Å²) >= 11 is 1.32. The van der Waals surface area contributed by atoms with Gasteiger partial charge in [0.25, 0.3) is 0 Å². The number of urea groups is 1. The molecule has 0 fully saturated rings.